The molecule has 32 heteroatoms. The van der Waals surface area contributed by atoms with Gasteiger partial charge in [0.1, 0.15) is 18.3 Å². The van der Waals surface area contributed by atoms with E-state index in [1.807, 2.05) is 40.7 Å². The number of primary amides is 6. The Kier molecular flexibility index (Phi) is 20.5. The predicted molar refractivity (Wildman–Crippen MR) is 335 cm³/mol. The van der Waals surface area contributed by atoms with Gasteiger partial charge in [-0.3, -0.25) is 62.1 Å². The van der Waals surface area contributed by atoms with Crippen LogP contribution in [0.2, 0.25) is 0 Å². The molecule has 1 unspecified atom stereocenters. The van der Waals surface area contributed by atoms with Gasteiger partial charge in [0.2, 0.25) is 41.4 Å². The predicted octanol–water partition coefficient (Wildman–Crippen LogP) is 2.66. The normalized spacial score (nSPS) is 32.6. The molecule has 0 spiro atoms. The third-order valence-corrected chi connectivity index (χ3v) is 21.7. The minimum Gasteiger partial charge on any atom is -0.386 e. The molecule has 0 saturated carbocycles. The number of hydrogen-bond acceptors (Lipinski definition) is 19. The number of aliphatic hydroxyl groups is 1. The van der Waals surface area contributed by atoms with E-state index in [9.17, 15) is 62.5 Å². The Balaban J connectivity index is 1.20. The Hall–Kier alpha value is -6.85. The number of phosphoric ester groups is 2. The van der Waals surface area contributed by atoms with Crippen LogP contribution in [0.25, 0.3) is 11.0 Å². The fourth-order valence-electron chi connectivity index (χ4n) is 15.3. The minimum atomic E-state index is -5.24. The second-order valence-electron chi connectivity index (χ2n) is 26.8. The highest BCUT2D eigenvalue weighted by Gasteiger charge is 2.66. The van der Waals surface area contributed by atoms with E-state index in [0.717, 1.165) is 0 Å². The number of nitrogens with zero attached hydrogens (tertiary/aromatic N) is 5. The summed E-state index contributed by atoms with van der Waals surface area (Å²) in [7, 11) is -10.4. The summed E-state index contributed by atoms with van der Waals surface area (Å²) < 4.78 is 48.5. The molecule has 7 heterocycles. The molecule has 6 aliphatic rings. The van der Waals surface area contributed by atoms with Crippen molar-refractivity contribution >= 4 is 85.2 Å². The Morgan fingerprint density at radius 3 is 2.00 bits per heavy atom. The number of carbonyl (C=O) groups is 7. The van der Waals surface area contributed by atoms with Gasteiger partial charge in [-0.05, 0) is 82.7 Å². The lowest BCUT2D eigenvalue weighted by molar-refractivity contribution is -0.124. The Labute approximate surface area is 532 Å². The van der Waals surface area contributed by atoms with E-state index in [1.165, 1.54) is 17.8 Å². The van der Waals surface area contributed by atoms with E-state index in [2.05, 4.69) is 20.1 Å². The zero-order valence-corrected chi connectivity index (χ0v) is 54.9. The fraction of sp³-hybridized carbons (Fsp3) is 0.617. The van der Waals surface area contributed by atoms with Gasteiger partial charge in [-0.1, -0.05) is 46.8 Å². The van der Waals surface area contributed by atoms with Gasteiger partial charge in [0.15, 0.2) is 6.23 Å². The number of allylic oxidation sites excluding steroid dienone is 6. The van der Waals surface area contributed by atoms with E-state index in [4.69, 9.17) is 63.2 Å². The zero-order valence-electron chi connectivity index (χ0n) is 53.1. The molecule has 1 aromatic carbocycles. The largest absolute Gasteiger partial charge is 0.472 e. The van der Waals surface area contributed by atoms with E-state index < -0.39 is 158 Å². The van der Waals surface area contributed by atoms with Crippen molar-refractivity contribution in [2.45, 2.75) is 175 Å². The van der Waals surface area contributed by atoms with Crippen molar-refractivity contribution in [2.24, 2.45) is 94.7 Å². The topological polar surface area (TPSA) is 507 Å². The van der Waals surface area contributed by atoms with Crippen LogP contribution >= 0.6 is 15.6 Å². The van der Waals surface area contributed by atoms with Crippen molar-refractivity contribution in [3.63, 3.8) is 0 Å². The molecule has 2 aromatic rings. The summed E-state index contributed by atoms with van der Waals surface area (Å²) >= 11 is 0. The first-order valence-corrected chi connectivity index (χ1v) is 33.5. The number of hydrogen-bond donors (Lipinski definition) is 12. The van der Waals surface area contributed by atoms with Crippen molar-refractivity contribution in [1.82, 2.24) is 20.2 Å². The number of phosphoric acid groups is 2. The molecule has 8 bridgehead atoms. The van der Waals surface area contributed by atoms with Crippen LogP contribution in [0.5, 0.6) is 0 Å². The number of para-hydroxylation sites is 2. The molecule has 30 nitrogen and oxygen atoms in total. The van der Waals surface area contributed by atoms with Crippen LogP contribution in [0.15, 0.2) is 79.9 Å². The van der Waals surface area contributed by atoms with Gasteiger partial charge >= 0.3 is 15.6 Å². The molecule has 2 saturated heterocycles. The summed E-state index contributed by atoms with van der Waals surface area (Å²) in [5, 5.41) is 17.9. The van der Waals surface area contributed by atoms with Crippen molar-refractivity contribution in [3.05, 3.63) is 64.9 Å². The van der Waals surface area contributed by atoms with Crippen molar-refractivity contribution in [2.75, 3.05) is 13.2 Å². The number of benzene rings is 1. The van der Waals surface area contributed by atoms with Gasteiger partial charge in [-0.15, -0.1) is 0 Å². The van der Waals surface area contributed by atoms with Crippen LogP contribution in [0.1, 0.15) is 139 Å². The first kappa shape index (κ1) is 71.0. The highest BCUT2D eigenvalue weighted by molar-refractivity contribution is 7.47. The number of aliphatic imine (C=N–C) groups is 3. The number of nitrogens with two attached hydrogens (primary N) is 6. The zero-order chi connectivity index (χ0) is 68.2. The number of fused-ring (bicyclic) bond motifs is 7. The molecule has 18 N–H and O–H groups in total. The van der Waals surface area contributed by atoms with Gasteiger partial charge in [0.25, 0.3) is 0 Å². The SMILES string of the molecule is CC1=C2N=C(C=C3N/C(=C(/C)C4=N[C@@](C)([C@@H]5N=C1[C@](C)(CCC(=O)NC[C@@H](C)OP(=O)(O)O[C@H]1[C@@H](O)[C@@H](n6cnc7ccccc76)O[C@@H]1COP(=O)(O)O)[C@H]5CC(N)=O)[C@@](C)(CC(N)=O)[C@@H]4CCC(N)=O)[C@@](C)(CC(N)=O)[C@@H]3CCC(N)=O)C(C)(C)[C@@H]2CCC(N)=O. The molecule has 1 aromatic heterocycles. The lowest BCUT2D eigenvalue weighted by Gasteiger charge is -2.48. The average molecular weight is 1320 g/mol. The second kappa shape index (κ2) is 26.5. The van der Waals surface area contributed by atoms with Gasteiger partial charge in [0.05, 0.1) is 41.7 Å². The van der Waals surface area contributed by atoms with Gasteiger partial charge in [-0.2, -0.15) is 0 Å². The third kappa shape index (κ3) is 14.1. The van der Waals surface area contributed by atoms with Gasteiger partial charge in [-0.25, -0.2) is 14.1 Å². The lowest BCUT2D eigenvalue weighted by atomic mass is 9.55. The summed E-state index contributed by atoms with van der Waals surface area (Å²) in [4.78, 5) is 145. The van der Waals surface area contributed by atoms with Gasteiger partial charge in [0, 0.05) is 131 Å². The number of nitrogens with one attached hydrogen (secondary N) is 2. The smallest absolute Gasteiger partial charge is 0.386 e. The molecule has 92 heavy (non-hydrogen) atoms. The first-order chi connectivity index (χ1) is 42.7. The van der Waals surface area contributed by atoms with Crippen LogP contribution in [0, 0.1) is 45.3 Å². The summed E-state index contributed by atoms with van der Waals surface area (Å²) in [6.07, 6.45) is -5.67. The monoisotopic (exact) mass is 1320 g/mol. The molecule has 504 valence electrons. The maximum atomic E-state index is 14.4. The number of carbonyl (C=O) groups excluding carboxylic acids is 7. The number of amides is 7. The number of aromatic nitrogens is 2. The van der Waals surface area contributed by atoms with Crippen molar-refractivity contribution < 1.29 is 80.8 Å². The lowest BCUT2D eigenvalue weighted by Crippen LogP contribution is -2.56. The Bertz CT molecular complexity index is 3630. The Morgan fingerprint density at radius 1 is 0.793 bits per heavy atom. The molecular weight excluding hydrogens is 1240 g/mol. The van der Waals surface area contributed by atoms with Crippen LogP contribution < -0.4 is 45.0 Å². The minimum absolute atomic E-state index is 0.0472. The standard InChI is InChI=1S/C60H87N13O17P2/c1-29(89-92(85,86)90-51-39(27-87-91(82,83)84)88-55(50(51)81)73-28-68-36-12-10-11-13-38(36)73)26-67-47(80)20-21-57(6)35(22-44(64)77)54-60(9)59(8,25-46(66)79)34(16-19-43(63)76)49(72-60)31(3)53-58(7,24-45(65)78)32(14-17-41(61)74)37(69-53)23-40-56(4,5)33(15-18-42(62)75)48(70-40)30(2)52(57)71-54/h10-13,23,28-29,32-35,39,50-51,54-55,69,81H,14-22,24-27H2,1-9H3,(H2,61,74)(H2,62,75)(H2,63,76)(H2,64,77)(H2,65,78)(H2,66,79)(H,67,80)(H,85,86)(H2,82,83,84)/b37-23?,48-30?,53-31-/t29-,32-,33-,34-,35+,39-,50-,51-,54-,55+,57-,58+,59+,60+/m1/s1. The van der Waals surface area contributed by atoms with Crippen LogP contribution in [0.4, 0.5) is 0 Å². The number of imidazole rings is 1. The first-order valence-electron chi connectivity index (χ1n) is 30.5. The van der Waals surface area contributed by atoms with Gasteiger partial charge < -0.3 is 74.1 Å². The number of ether oxygens (including phenoxy) is 1. The van der Waals surface area contributed by atoms with Crippen LogP contribution in [0.3, 0.4) is 0 Å². The summed E-state index contributed by atoms with van der Waals surface area (Å²) in [5.74, 6) is -7.46. The highest BCUT2D eigenvalue weighted by Crippen LogP contribution is 2.63. The summed E-state index contributed by atoms with van der Waals surface area (Å²) in [5.41, 5.74) is 34.8. The maximum Gasteiger partial charge on any atom is 0.472 e. The second-order valence-corrected chi connectivity index (χ2v) is 29.3. The van der Waals surface area contributed by atoms with E-state index in [1.54, 1.807) is 45.0 Å². The summed E-state index contributed by atoms with van der Waals surface area (Å²) in [6.45, 7) is 14.9. The highest BCUT2D eigenvalue weighted by atomic mass is 31.2. The average Bonchev–Trinajstić information content (AvgIpc) is 1.53. The maximum absolute atomic E-state index is 14.4. The number of aliphatic hydroxyl groups excluding tert-OH is 1. The number of rotatable bonds is 28. The van der Waals surface area contributed by atoms with Crippen molar-refractivity contribution in [1.29, 1.82) is 0 Å². The molecule has 7 amide bonds. The quantitative estimate of drug-likeness (QED) is 0.0545. The van der Waals surface area contributed by atoms with Crippen LogP contribution in [-0.4, -0.2) is 137 Å². The van der Waals surface area contributed by atoms with Crippen LogP contribution in [-0.2, 0) is 61.0 Å². The van der Waals surface area contributed by atoms with E-state index in [-0.39, 0.29) is 70.6 Å². The van der Waals surface area contributed by atoms with E-state index in [0.29, 0.717) is 56.4 Å². The molecule has 0 aliphatic carbocycles. The molecule has 6 aliphatic heterocycles. The summed E-state index contributed by atoms with van der Waals surface area (Å²) in [6, 6.07) is 5.70. The van der Waals surface area contributed by atoms with Crippen molar-refractivity contribution in [3.8, 4) is 0 Å². The third-order valence-electron chi connectivity index (χ3n) is 20.1. The Morgan fingerprint density at radius 2 is 1.40 bits per heavy atom. The molecule has 2 fully saturated rings. The fourth-order valence-corrected chi connectivity index (χ4v) is 16.8. The molecule has 0 radical (unpaired) electrons. The molecular formula is C60H87N13O17P2. The van der Waals surface area contributed by atoms with E-state index >= 15 is 0 Å². The molecule has 8 rings (SSSR count). The molecule has 15 atom stereocenters.